The van der Waals surface area contributed by atoms with Crippen LogP contribution in [0, 0.1) is 11.6 Å². The van der Waals surface area contributed by atoms with Crippen molar-refractivity contribution in [2.75, 3.05) is 0 Å². The number of rotatable bonds is 2. The number of hydrogen-bond donors (Lipinski definition) is 2. The number of hydrogen-bond acceptors (Lipinski definition) is 3. The molecule has 0 aromatic heterocycles. The van der Waals surface area contributed by atoms with Crippen LogP contribution >= 0.6 is 0 Å². The van der Waals surface area contributed by atoms with Gasteiger partial charge in [0.15, 0.2) is 17.4 Å². The standard InChI is InChI=1S/C8H7BF2O3/c1-4(12)6-2-5(9(13)14)3-7(10)8(6)11/h2-3,13-14H,1H3. The van der Waals surface area contributed by atoms with Crippen molar-refractivity contribution in [3.8, 4) is 0 Å². The Morgan fingerprint density at radius 3 is 2.36 bits per heavy atom. The second kappa shape index (κ2) is 3.85. The van der Waals surface area contributed by atoms with Crippen LogP contribution in [0.4, 0.5) is 8.78 Å². The van der Waals surface area contributed by atoms with Gasteiger partial charge in [0.1, 0.15) is 0 Å². The summed E-state index contributed by atoms with van der Waals surface area (Å²) in [6.45, 7) is 1.06. The van der Waals surface area contributed by atoms with Gasteiger partial charge in [0.2, 0.25) is 0 Å². The summed E-state index contributed by atoms with van der Waals surface area (Å²) < 4.78 is 25.7. The van der Waals surface area contributed by atoms with Gasteiger partial charge in [0.05, 0.1) is 5.56 Å². The van der Waals surface area contributed by atoms with Gasteiger partial charge in [-0.3, -0.25) is 4.79 Å². The first-order valence-corrected chi connectivity index (χ1v) is 3.79. The summed E-state index contributed by atoms with van der Waals surface area (Å²) in [5, 5.41) is 17.4. The lowest BCUT2D eigenvalue weighted by Crippen LogP contribution is -2.31. The van der Waals surface area contributed by atoms with E-state index in [0.717, 1.165) is 13.0 Å². The fourth-order valence-corrected chi connectivity index (χ4v) is 1.02. The third-order valence-electron chi connectivity index (χ3n) is 1.73. The Labute approximate surface area is 79.1 Å². The monoisotopic (exact) mass is 200 g/mol. The van der Waals surface area contributed by atoms with E-state index in [9.17, 15) is 13.6 Å². The summed E-state index contributed by atoms with van der Waals surface area (Å²) >= 11 is 0. The van der Waals surface area contributed by atoms with Gasteiger partial charge in [0.25, 0.3) is 0 Å². The molecule has 0 unspecified atom stereocenters. The van der Waals surface area contributed by atoms with Gasteiger partial charge in [-0.05, 0) is 24.5 Å². The topological polar surface area (TPSA) is 57.5 Å². The zero-order valence-corrected chi connectivity index (χ0v) is 7.29. The molecule has 1 rings (SSSR count). The van der Waals surface area contributed by atoms with Crippen molar-refractivity contribution in [2.24, 2.45) is 0 Å². The second-order valence-electron chi connectivity index (χ2n) is 2.79. The average molecular weight is 200 g/mol. The normalized spacial score (nSPS) is 10.1. The van der Waals surface area contributed by atoms with E-state index in [2.05, 4.69) is 0 Å². The molecule has 3 nitrogen and oxygen atoms in total. The predicted molar refractivity (Wildman–Crippen MR) is 46.2 cm³/mol. The highest BCUT2D eigenvalue weighted by atomic mass is 19.2. The van der Waals surface area contributed by atoms with E-state index in [1.807, 2.05) is 0 Å². The molecule has 0 atom stereocenters. The van der Waals surface area contributed by atoms with Crippen LogP contribution in [0.3, 0.4) is 0 Å². The molecule has 0 fully saturated rings. The Balaban J connectivity index is 3.35. The van der Waals surface area contributed by atoms with Crippen molar-refractivity contribution in [3.63, 3.8) is 0 Å². The molecule has 0 aliphatic heterocycles. The Morgan fingerprint density at radius 1 is 1.36 bits per heavy atom. The number of halogens is 2. The predicted octanol–water partition coefficient (Wildman–Crippen LogP) is -0.153. The summed E-state index contributed by atoms with van der Waals surface area (Å²) in [6.07, 6.45) is 0. The molecule has 0 saturated heterocycles. The molecule has 0 aliphatic rings. The maximum absolute atomic E-state index is 12.9. The third-order valence-corrected chi connectivity index (χ3v) is 1.73. The van der Waals surface area contributed by atoms with Crippen LogP contribution in [0.5, 0.6) is 0 Å². The first-order valence-electron chi connectivity index (χ1n) is 3.79. The second-order valence-corrected chi connectivity index (χ2v) is 2.79. The van der Waals surface area contributed by atoms with Crippen LogP contribution < -0.4 is 5.46 Å². The molecule has 1 aromatic carbocycles. The van der Waals surface area contributed by atoms with Crippen LogP contribution in [0.2, 0.25) is 0 Å². The summed E-state index contributed by atoms with van der Waals surface area (Å²) in [5.41, 5.74) is -0.748. The van der Waals surface area contributed by atoms with E-state index in [0.29, 0.717) is 6.07 Å². The van der Waals surface area contributed by atoms with Gasteiger partial charge in [-0.2, -0.15) is 0 Å². The van der Waals surface area contributed by atoms with E-state index in [1.54, 1.807) is 0 Å². The molecule has 0 heterocycles. The summed E-state index contributed by atoms with van der Waals surface area (Å²) in [5.74, 6) is -3.23. The largest absolute Gasteiger partial charge is 0.488 e. The van der Waals surface area contributed by atoms with Crippen LogP contribution in [0.25, 0.3) is 0 Å². The van der Waals surface area contributed by atoms with Crippen molar-refractivity contribution >= 4 is 18.4 Å². The van der Waals surface area contributed by atoms with E-state index in [4.69, 9.17) is 10.0 Å². The lowest BCUT2D eigenvalue weighted by Gasteiger charge is -2.04. The Hall–Kier alpha value is -1.27. The van der Waals surface area contributed by atoms with Crippen molar-refractivity contribution in [1.29, 1.82) is 0 Å². The molecule has 6 heteroatoms. The fraction of sp³-hybridized carbons (Fsp3) is 0.125. The Bertz CT molecular complexity index is 379. The van der Waals surface area contributed by atoms with Gasteiger partial charge in [-0.1, -0.05) is 0 Å². The molecule has 14 heavy (non-hydrogen) atoms. The molecule has 0 radical (unpaired) electrons. The lowest BCUT2D eigenvalue weighted by atomic mass is 9.79. The SMILES string of the molecule is CC(=O)c1cc(B(O)O)cc(F)c1F. The molecular weight excluding hydrogens is 193 g/mol. The summed E-state index contributed by atoms with van der Waals surface area (Å²) in [4.78, 5) is 10.8. The first kappa shape index (κ1) is 10.8. The first-order chi connectivity index (χ1) is 6.43. The van der Waals surface area contributed by atoms with Crippen molar-refractivity contribution in [3.05, 3.63) is 29.3 Å². The highest BCUT2D eigenvalue weighted by Gasteiger charge is 2.19. The summed E-state index contributed by atoms with van der Waals surface area (Å²) in [6, 6.07) is 1.54. The lowest BCUT2D eigenvalue weighted by molar-refractivity contribution is 0.101. The van der Waals surface area contributed by atoms with Crippen LogP contribution in [0.1, 0.15) is 17.3 Å². The molecule has 0 bridgehead atoms. The highest BCUT2D eigenvalue weighted by Crippen LogP contribution is 2.10. The van der Waals surface area contributed by atoms with E-state index >= 15 is 0 Å². The van der Waals surface area contributed by atoms with Crippen molar-refractivity contribution in [1.82, 2.24) is 0 Å². The molecule has 0 amide bonds. The smallest absolute Gasteiger partial charge is 0.423 e. The number of carbonyl (C=O) groups excluding carboxylic acids is 1. The van der Waals surface area contributed by atoms with Gasteiger partial charge in [0, 0.05) is 0 Å². The Morgan fingerprint density at radius 2 is 1.93 bits per heavy atom. The minimum absolute atomic E-state index is 0.255. The molecule has 1 aromatic rings. The van der Waals surface area contributed by atoms with Gasteiger partial charge in [-0.25, -0.2) is 8.78 Å². The van der Waals surface area contributed by atoms with Crippen LogP contribution in [-0.4, -0.2) is 22.9 Å². The number of Topliss-reactive ketones (excluding diaryl/α,β-unsaturated/α-hetero) is 1. The van der Waals surface area contributed by atoms with Gasteiger partial charge >= 0.3 is 7.12 Å². The van der Waals surface area contributed by atoms with Crippen LogP contribution in [-0.2, 0) is 0 Å². The molecule has 0 saturated carbocycles. The maximum atomic E-state index is 12.9. The fourth-order valence-electron chi connectivity index (χ4n) is 1.02. The highest BCUT2D eigenvalue weighted by molar-refractivity contribution is 6.58. The molecule has 0 spiro atoms. The quantitative estimate of drug-likeness (QED) is 0.515. The Kier molecular flexibility index (Phi) is 2.98. The number of benzene rings is 1. The number of carbonyl (C=O) groups is 1. The molecule has 0 aliphatic carbocycles. The van der Waals surface area contributed by atoms with Crippen molar-refractivity contribution < 1.29 is 23.6 Å². The average Bonchev–Trinajstić information content (AvgIpc) is 2.08. The van der Waals surface area contributed by atoms with Crippen LogP contribution in [0.15, 0.2) is 12.1 Å². The summed E-state index contributed by atoms with van der Waals surface area (Å²) in [7, 11) is -1.93. The van der Waals surface area contributed by atoms with Gasteiger partial charge < -0.3 is 10.0 Å². The van der Waals surface area contributed by atoms with Crippen molar-refractivity contribution in [2.45, 2.75) is 6.92 Å². The maximum Gasteiger partial charge on any atom is 0.488 e. The number of ketones is 1. The minimum Gasteiger partial charge on any atom is -0.423 e. The molecule has 2 N–H and O–H groups in total. The minimum atomic E-state index is -1.93. The van der Waals surface area contributed by atoms with Gasteiger partial charge in [-0.15, -0.1) is 0 Å². The van der Waals surface area contributed by atoms with E-state index in [1.165, 1.54) is 0 Å². The molecule has 74 valence electrons. The van der Waals surface area contributed by atoms with E-state index < -0.39 is 30.1 Å². The zero-order valence-electron chi connectivity index (χ0n) is 7.29. The zero-order chi connectivity index (χ0) is 10.9. The third kappa shape index (κ3) is 1.97. The van der Waals surface area contributed by atoms with E-state index in [-0.39, 0.29) is 5.46 Å². The molecular formula is C8H7BF2O3.